The van der Waals surface area contributed by atoms with Crippen LogP contribution in [-0.2, 0) is 10.1 Å². The molecule has 0 heterocycles. The second-order valence-electron chi connectivity index (χ2n) is 4.17. The number of hydrogen-bond acceptors (Lipinski definition) is 3. The summed E-state index contributed by atoms with van der Waals surface area (Å²) in [7, 11) is -4.42. The van der Waals surface area contributed by atoms with E-state index in [9.17, 15) is 13.2 Å². The zero-order valence-electron chi connectivity index (χ0n) is 10.2. The van der Waals surface area contributed by atoms with Gasteiger partial charge in [0.1, 0.15) is 4.90 Å². The van der Waals surface area contributed by atoms with Crippen LogP contribution in [0.3, 0.4) is 0 Å². The predicted octanol–water partition coefficient (Wildman–Crippen LogP) is 2.47. The maximum atomic E-state index is 12.2. The Hall–Kier alpha value is -1.98. The van der Waals surface area contributed by atoms with Gasteiger partial charge in [-0.25, -0.2) is 0 Å². The standard InChI is InChI=1S/C14H12O4S/c1-10-6-8-11(9-7-10)14(15)12-4-2-3-5-13(12)19(16,17)18/h2-9H,1H3,(H,16,17,18). The minimum absolute atomic E-state index is 0.0335. The molecule has 19 heavy (non-hydrogen) atoms. The van der Waals surface area contributed by atoms with Crippen molar-refractivity contribution in [2.24, 2.45) is 0 Å². The number of carbonyl (C=O) groups excluding carboxylic acids is 1. The lowest BCUT2D eigenvalue weighted by Crippen LogP contribution is -2.09. The quantitative estimate of drug-likeness (QED) is 0.690. The largest absolute Gasteiger partial charge is 0.295 e. The molecule has 1 N–H and O–H groups in total. The molecule has 0 aliphatic carbocycles. The molecule has 0 saturated carbocycles. The van der Waals surface area contributed by atoms with Crippen molar-refractivity contribution in [3.05, 3.63) is 65.2 Å². The molecule has 98 valence electrons. The van der Waals surface area contributed by atoms with Crippen molar-refractivity contribution >= 4 is 15.9 Å². The summed E-state index contributed by atoms with van der Waals surface area (Å²) in [5.41, 5.74) is 1.34. The predicted molar refractivity (Wildman–Crippen MR) is 70.9 cm³/mol. The third kappa shape index (κ3) is 2.89. The van der Waals surface area contributed by atoms with E-state index in [1.54, 1.807) is 30.3 Å². The van der Waals surface area contributed by atoms with E-state index in [0.717, 1.165) is 5.56 Å². The Labute approximate surface area is 111 Å². The van der Waals surface area contributed by atoms with Gasteiger partial charge in [0.2, 0.25) is 0 Å². The summed E-state index contributed by atoms with van der Waals surface area (Å²) in [5, 5.41) is 0. The van der Waals surface area contributed by atoms with Crippen LogP contribution < -0.4 is 0 Å². The van der Waals surface area contributed by atoms with Crippen molar-refractivity contribution in [3.8, 4) is 0 Å². The lowest BCUT2D eigenvalue weighted by Gasteiger charge is -2.06. The first-order valence-electron chi connectivity index (χ1n) is 5.57. The maximum Gasteiger partial charge on any atom is 0.295 e. The summed E-state index contributed by atoms with van der Waals surface area (Å²) in [4.78, 5) is 11.9. The summed E-state index contributed by atoms with van der Waals surface area (Å²) in [6.07, 6.45) is 0. The van der Waals surface area contributed by atoms with Gasteiger partial charge < -0.3 is 0 Å². The van der Waals surface area contributed by atoms with E-state index in [1.807, 2.05) is 6.92 Å². The van der Waals surface area contributed by atoms with Crippen LogP contribution in [0.2, 0.25) is 0 Å². The van der Waals surface area contributed by atoms with Gasteiger partial charge in [-0.05, 0) is 19.1 Å². The minimum atomic E-state index is -4.42. The molecular formula is C14H12O4S. The van der Waals surface area contributed by atoms with Crippen molar-refractivity contribution in [2.75, 3.05) is 0 Å². The first-order valence-corrected chi connectivity index (χ1v) is 7.01. The van der Waals surface area contributed by atoms with Gasteiger partial charge in [-0.2, -0.15) is 8.42 Å². The highest BCUT2D eigenvalue weighted by Crippen LogP contribution is 2.19. The third-order valence-corrected chi connectivity index (χ3v) is 3.64. The molecule has 0 bridgehead atoms. The van der Waals surface area contributed by atoms with E-state index in [0.29, 0.717) is 5.56 Å². The van der Waals surface area contributed by atoms with Gasteiger partial charge in [0.25, 0.3) is 10.1 Å². The number of hydrogen-bond donors (Lipinski definition) is 1. The zero-order valence-corrected chi connectivity index (χ0v) is 11.0. The molecule has 2 aromatic rings. The number of benzene rings is 2. The fourth-order valence-electron chi connectivity index (χ4n) is 1.74. The highest BCUT2D eigenvalue weighted by molar-refractivity contribution is 7.86. The average molecular weight is 276 g/mol. The molecule has 2 aromatic carbocycles. The first-order chi connectivity index (χ1) is 8.89. The minimum Gasteiger partial charge on any atom is -0.289 e. The summed E-state index contributed by atoms with van der Waals surface area (Å²) in [6.45, 7) is 1.89. The number of rotatable bonds is 3. The second-order valence-corrected chi connectivity index (χ2v) is 5.56. The topological polar surface area (TPSA) is 71.4 Å². The summed E-state index contributed by atoms with van der Waals surface area (Å²) >= 11 is 0. The molecule has 0 atom stereocenters. The highest BCUT2D eigenvalue weighted by Gasteiger charge is 2.20. The van der Waals surface area contributed by atoms with Crippen LogP contribution in [0.25, 0.3) is 0 Å². The zero-order chi connectivity index (χ0) is 14.0. The van der Waals surface area contributed by atoms with E-state index in [2.05, 4.69) is 0 Å². The molecule has 0 radical (unpaired) electrons. The van der Waals surface area contributed by atoms with Gasteiger partial charge in [0.05, 0.1) is 0 Å². The number of ketones is 1. The molecule has 0 unspecified atom stereocenters. The summed E-state index contributed by atoms with van der Waals surface area (Å²) in [6, 6.07) is 12.4. The molecule has 0 fully saturated rings. The van der Waals surface area contributed by atoms with Gasteiger partial charge in [-0.3, -0.25) is 9.35 Å². The van der Waals surface area contributed by atoms with E-state index in [1.165, 1.54) is 18.2 Å². The van der Waals surface area contributed by atoms with Gasteiger partial charge in [0.15, 0.2) is 5.78 Å². The Morgan fingerprint density at radius 2 is 1.58 bits per heavy atom. The molecule has 0 amide bonds. The lowest BCUT2D eigenvalue weighted by molar-refractivity contribution is 0.103. The number of aryl methyl sites for hydroxylation is 1. The SMILES string of the molecule is Cc1ccc(C(=O)c2ccccc2S(=O)(=O)O)cc1. The van der Waals surface area contributed by atoms with Crippen LogP contribution in [0.5, 0.6) is 0 Å². The van der Waals surface area contributed by atoms with Crippen LogP contribution >= 0.6 is 0 Å². The summed E-state index contributed by atoms with van der Waals surface area (Å²) in [5.74, 6) is -0.437. The van der Waals surface area contributed by atoms with Crippen LogP contribution in [0.15, 0.2) is 53.4 Å². The fraction of sp³-hybridized carbons (Fsp3) is 0.0714. The smallest absolute Gasteiger partial charge is 0.289 e. The molecule has 4 nitrogen and oxygen atoms in total. The molecule has 0 aliphatic rings. The Balaban J connectivity index is 2.54. The van der Waals surface area contributed by atoms with Crippen LogP contribution in [0.4, 0.5) is 0 Å². The Bertz CT molecular complexity index is 715. The van der Waals surface area contributed by atoms with Crippen molar-refractivity contribution in [1.82, 2.24) is 0 Å². The molecule has 2 rings (SSSR count). The maximum absolute atomic E-state index is 12.2. The van der Waals surface area contributed by atoms with E-state index in [-0.39, 0.29) is 10.5 Å². The Morgan fingerprint density at radius 1 is 1.00 bits per heavy atom. The van der Waals surface area contributed by atoms with Crippen LogP contribution in [0, 0.1) is 6.92 Å². The lowest BCUT2D eigenvalue weighted by atomic mass is 10.0. The number of carbonyl (C=O) groups is 1. The molecule has 5 heteroatoms. The monoisotopic (exact) mass is 276 g/mol. The Morgan fingerprint density at radius 3 is 2.16 bits per heavy atom. The van der Waals surface area contributed by atoms with E-state index in [4.69, 9.17) is 4.55 Å². The highest BCUT2D eigenvalue weighted by atomic mass is 32.2. The Kier molecular flexibility index (Phi) is 3.50. The van der Waals surface area contributed by atoms with Crippen molar-refractivity contribution < 1.29 is 17.8 Å². The van der Waals surface area contributed by atoms with Crippen molar-refractivity contribution in [3.63, 3.8) is 0 Å². The van der Waals surface area contributed by atoms with Gasteiger partial charge in [-0.15, -0.1) is 0 Å². The van der Waals surface area contributed by atoms with Crippen molar-refractivity contribution in [2.45, 2.75) is 11.8 Å². The molecule has 0 spiro atoms. The van der Waals surface area contributed by atoms with Crippen LogP contribution in [0.1, 0.15) is 21.5 Å². The molecule has 0 saturated heterocycles. The third-order valence-electron chi connectivity index (χ3n) is 2.72. The second kappa shape index (κ2) is 4.95. The first kappa shape index (κ1) is 13.5. The van der Waals surface area contributed by atoms with Crippen LogP contribution in [-0.4, -0.2) is 18.8 Å². The van der Waals surface area contributed by atoms with Gasteiger partial charge in [-0.1, -0.05) is 42.0 Å². The van der Waals surface area contributed by atoms with E-state index < -0.39 is 15.9 Å². The molecular weight excluding hydrogens is 264 g/mol. The summed E-state index contributed by atoms with van der Waals surface area (Å²) < 4.78 is 31.6. The fourth-order valence-corrected chi connectivity index (χ4v) is 2.43. The molecule has 0 aromatic heterocycles. The van der Waals surface area contributed by atoms with Gasteiger partial charge in [0, 0.05) is 11.1 Å². The van der Waals surface area contributed by atoms with Crippen molar-refractivity contribution in [1.29, 1.82) is 0 Å². The molecule has 0 aliphatic heterocycles. The normalized spacial score (nSPS) is 11.3. The average Bonchev–Trinajstić information content (AvgIpc) is 2.38. The van der Waals surface area contributed by atoms with Gasteiger partial charge >= 0.3 is 0 Å². The van der Waals surface area contributed by atoms with E-state index >= 15 is 0 Å².